The first-order valence-corrected chi connectivity index (χ1v) is 4.94. The van der Waals surface area contributed by atoms with Crippen molar-refractivity contribution in [2.45, 2.75) is 32.9 Å². The molecule has 1 unspecified atom stereocenters. The van der Waals surface area contributed by atoms with Crippen LogP contribution in [0.15, 0.2) is 12.4 Å². The summed E-state index contributed by atoms with van der Waals surface area (Å²) in [6, 6.07) is 0.123. The molecule has 1 atom stereocenters. The molecular weight excluding hydrogens is 194 g/mol. The Morgan fingerprint density at radius 1 is 1.53 bits per heavy atom. The van der Waals surface area contributed by atoms with Crippen molar-refractivity contribution in [1.82, 2.24) is 15.1 Å². The fraction of sp³-hybridized carbons (Fsp3) is 0.600. The molecule has 1 amide bonds. The largest absolute Gasteiger partial charge is 0.478 e. The zero-order valence-electron chi connectivity index (χ0n) is 9.52. The van der Waals surface area contributed by atoms with Crippen LogP contribution in [0.5, 0.6) is 5.75 Å². The van der Waals surface area contributed by atoms with Gasteiger partial charge in [0.2, 0.25) is 0 Å². The highest BCUT2D eigenvalue weighted by Gasteiger charge is 2.15. The van der Waals surface area contributed by atoms with Crippen LogP contribution in [0.4, 0.5) is 0 Å². The number of hydrogen-bond acceptors (Lipinski definition) is 3. The average molecular weight is 211 g/mol. The minimum Gasteiger partial charge on any atom is -0.478 e. The fourth-order valence-corrected chi connectivity index (χ4v) is 1.12. The van der Waals surface area contributed by atoms with Gasteiger partial charge < -0.3 is 10.1 Å². The van der Waals surface area contributed by atoms with Crippen LogP contribution in [0.1, 0.15) is 20.8 Å². The molecule has 0 aromatic carbocycles. The maximum absolute atomic E-state index is 11.5. The van der Waals surface area contributed by atoms with E-state index in [1.165, 1.54) is 0 Å². The normalized spacial score (nSPS) is 12.6. The summed E-state index contributed by atoms with van der Waals surface area (Å²) >= 11 is 0. The maximum atomic E-state index is 11.5. The Bertz CT molecular complexity index is 333. The van der Waals surface area contributed by atoms with Crippen LogP contribution >= 0.6 is 0 Å². The predicted molar refractivity (Wildman–Crippen MR) is 56.6 cm³/mol. The van der Waals surface area contributed by atoms with Gasteiger partial charge in [-0.05, 0) is 20.8 Å². The molecule has 1 aromatic rings. The van der Waals surface area contributed by atoms with Crippen LogP contribution in [0.3, 0.4) is 0 Å². The lowest BCUT2D eigenvalue weighted by Crippen LogP contribution is -2.39. The van der Waals surface area contributed by atoms with E-state index in [1.807, 2.05) is 13.8 Å². The van der Waals surface area contributed by atoms with Gasteiger partial charge in [-0.15, -0.1) is 0 Å². The molecule has 0 bridgehead atoms. The van der Waals surface area contributed by atoms with Crippen LogP contribution in [0, 0.1) is 0 Å². The molecule has 0 radical (unpaired) electrons. The lowest BCUT2D eigenvalue weighted by atomic mass is 10.3. The van der Waals surface area contributed by atoms with Crippen molar-refractivity contribution < 1.29 is 9.53 Å². The smallest absolute Gasteiger partial charge is 0.260 e. The van der Waals surface area contributed by atoms with Crippen molar-refractivity contribution in [1.29, 1.82) is 0 Å². The third-order valence-corrected chi connectivity index (χ3v) is 1.79. The van der Waals surface area contributed by atoms with Crippen LogP contribution in [0.2, 0.25) is 0 Å². The first kappa shape index (κ1) is 11.6. The molecule has 0 spiro atoms. The highest BCUT2D eigenvalue weighted by Crippen LogP contribution is 2.09. The summed E-state index contributed by atoms with van der Waals surface area (Å²) in [6.07, 6.45) is 2.80. The minimum absolute atomic E-state index is 0.117. The number of rotatable bonds is 4. The van der Waals surface area contributed by atoms with Crippen molar-refractivity contribution in [2.75, 3.05) is 0 Å². The Balaban J connectivity index is 2.48. The number of aryl methyl sites for hydroxylation is 1. The molecular formula is C10H17N3O2. The van der Waals surface area contributed by atoms with Gasteiger partial charge in [0.1, 0.15) is 0 Å². The molecule has 0 fully saturated rings. The molecule has 0 aliphatic rings. The summed E-state index contributed by atoms with van der Waals surface area (Å²) in [7, 11) is 1.80. The molecule has 0 saturated heterocycles. The van der Waals surface area contributed by atoms with Gasteiger partial charge in [0.25, 0.3) is 5.91 Å². The lowest BCUT2D eigenvalue weighted by Gasteiger charge is -2.15. The Morgan fingerprint density at radius 3 is 2.67 bits per heavy atom. The van der Waals surface area contributed by atoms with Gasteiger partial charge in [-0.3, -0.25) is 9.48 Å². The van der Waals surface area contributed by atoms with E-state index in [1.54, 1.807) is 31.0 Å². The first-order valence-electron chi connectivity index (χ1n) is 4.94. The standard InChI is InChI=1S/C10H17N3O2/c1-7(2)12-10(14)8(3)15-9-5-11-13(4)6-9/h5-8H,1-4H3,(H,12,14). The second kappa shape index (κ2) is 4.82. The summed E-state index contributed by atoms with van der Waals surface area (Å²) in [5, 5.41) is 6.73. The van der Waals surface area contributed by atoms with E-state index in [2.05, 4.69) is 10.4 Å². The van der Waals surface area contributed by atoms with Crippen molar-refractivity contribution in [2.24, 2.45) is 7.05 Å². The second-order valence-corrected chi connectivity index (χ2v) is 3.77. The Kier molecular flexibility index (Phi) is 3.71. The quantitative estimate of drug-likeness (QED) is 0.798. The molecule has 1 rings (SSSR count). The van der Waals surface area contributed by atoms with Crippen molar-refractivity contribution in [3.05, 3.63) is 12.4 Å². The van der Waals surface area contributed by atoms with Crippen molar-refractivity contribution in [3.63, 3.8) is 0 Å². The summed E-state index contributed by atoms with van der Waals surface area (Å²) in [5.74, 6) is 0.484. The fourth-order valence-electron chi connectivity index (χ4n) is 1.12. The van der Waals surface area contributed by atoms with Crippen LogP contribution in [-0.2, 0) is 11.8 Å². The topological polar surface area (TPSA) is 56.1 Å². The Morgan fingerprint density at radius 2 is 2.20 bits per heavy atom. The molecule has 5 nitrogen and oxygen atoms in total. The van der Waals surface area contributed by atoms with Gasteiger partial charge in [-0.2, -0.15) is 5.10 Å². The van der Waals surface area contributed by atoms with E-state index in [4.69, 9.17) is 4.74 Å². The minimum atomic E-state index is -0.503. The highest BCUT2D eigenvalue weighted by atomic mass is 16.5. The first-order chi connectivity index (χ1) is 6.99. The zero-order chi connectivity index (χ0) is 11.4. The Labute approximate surface area is 89.4 Å². The third-order valence-electron chi connectivity index (χ3n) is 1.79. The van der Waals surface area contributed by atoms with Crippen molar-refractivity contribution in [3.8, 4) is 5.75 Å². The van der Waals surface area contributed by atoms with Gasteiger partial charge >= 0.3 is 0 Å². The number of nitrogens with zero attached hydrogens (tertiary/aromatic N) is 2. The molecule has 1 aromatic heterocycles. The predicted octanol–water partition coefficient (Wildman–Crippen LogP) is 0.712. The SMILES string of the molecule is CC(C)NC(=O)C(C)Oc1cnn(C)c1. The molecule has 1 N–H and O–H groups in total. The van der Waals surface area contributed by atoms with Crippen LogP contribution < -0.4 is 10.1 Å². The van der Waals surface area contributed by atoms with Gasteiger partial charge in [-0.25, -0.2) is 0 Å². The number of amides is 1. The number of ether oxygens (including phenoxy) is 1. The van der Waals surface area contributed by atoms with Crippen LogP contribution in [0.25, 0.3) is 0 Å². The third kappa shape index (κ3) is 3.61. The molecule has 0 aliphatic carbocycles. The summed E-state index contributed by atoms with van der Waals surface area (Å²) in [4.78, 5) is 11.5. The van der Waals surface area contributed by atoms with E-state index in [-0.39, 0.29) is 11.9 Å². The molecule has 5 heteroatoms. The van der Waals surface area contributed by atoms with Gasteiger partial charge in [0.05, 0.1) is 12.4 Å². The molecule has 0 saturated carbocycles. The number of nitrogens with one attached hydrogen (secondary N) is 1. The van der Waals surface area contributed by atoms with E-state index in [0.717, 1.165) is 0 Å². The summed E-state index contributed by atoms with van der Waals surface area (Å²) in [5.41, 5.74) is 0. The van der Waals surface area contributed by atoms with E-state index in [9.17, 15) is 4.79 Å². The van der Waals surface area contributed by atoms with Gasteiger partial charge in [-0.1, -0.05) is 0 Å². The highest BCUT2D eigenvalue weighted by molar-refractivity contribution is 5.80. The number of hydrogen-bond donors (Lipinski definition) is 1. The average Bonchev–Trinajstić information content (AvgIpc) is 2.50. The van der Waals surface area contributed by atoms with E-state index < -0.39 is 6.10 Å². The maximum Gasteiger partial charge on any atom is 0.260 e. The number of aromatic nitrogens is 2. The van der Waals surface area contributed by atoms with Crippen molar-refractivity contribution >= 4 is 5.91 Å². The van der Waals surface area contributed by atoms with E-state index >= 15 is 0 Å². The van der Waals surface area contributed by atoms with Gasteiger partial charge in [0.15, 0.2) is 11.9 Å². The summed E-state index contributed by atoms with van der Waals surface area (Å²) < 4.78 is 7.03. The van der Waals surface area contributed by atoms with E-state index in [0.29, 0.717) is 5.75 Å². The summed E-state index contributed by atoms with van der Waals surface area (Å²) in [6.45, 7) is 5.54. The van der Waals surface area contributed by atoms with Crippen LogP contribution in [-0.4, -0.2) is 27.8 Å². The lowest BCUT2D eigenvalue weighted by molar-refractivity contribution is -0.127. The molecule has 1 heterocycles. The number of carbonyl (C=O) groups excluding carboxylic acids is 1. The molecule has 84 valence electrons. The number of carbonyl (C=O) groups is 1. The van der Waals surface area contributed by atoms with Gasteiger partial charge in [0, 0.05) is 13.1 Å². The Hall–Kier alpha value is -1.52. The zero-order valence-corrected chi connectivity index (χ0v) is 9.52. The molecule has 15 heavy (non-hydrogen) atoms. The second-order valence-electron chi connectivity index (χ2n) is 3.77. The molecule has 0 aliphatic heterocycles. The monoisotopic (exact) mass is 211 g/mol.